The van der Waals surface area contributed by atoms with E-state index < -0.39 is 18.0 Å². The number of nitrogens with one attached hydrogen (secondary N) is 2. The van der Waals surface area contributed by atoms with Crippen molar-refractivity contribution in [2.75, 3.05) is 0 Å². The second kappa shape index (κ2) is 8.78. The van der Waals surface area contributed by atoms with Crippen LogP contribution < -0.4 is 10.7 Å². The number of hydrogen-bond acceptors (Lipinski definition) is 2. The smallest absolute Gasteiger partial charge is 0.332 e. The summed E-state index contributed by atoms with van der Waals surface area (Å²) < 4.78 is 0. The third kappa shape index (κ3) is 4.13. The predicted octanol–water partition coefficient (Wildman–Crippen LogP) is 5.07. The lowest BCUT2D eigenvalue weighted by Crippen LogP contribution is -2.45. The number of hydrazine groups is 1. The van der Waals surface area contributed by atoms with Crippen LogP contribution in [0.2, 0.25) is 10.0 Å². The molecule has 1 fully saturated rings. The molecule has 1 aliphatic heterocycles. The fourth-order valence-electron chi connectivity index (χ4n) is 3.63. The van der Waals surface area contributed by atoms with Crippen molar-refractivity contribution in [1.82, 2.24) is 15.8 Å². The minimum atomic E-state index is -0.510. The van der Waals surface area contributed by atoms with E-state index in [1.807, 2.05) is 60.7 Å². The van der Waals surface area contributed by atoms with Gasteiger partial charge in [-0.05, 0) is 28.8 Å². The van der Waals surface area contributed by atoms with Gasteiger partial charge >= 0.3 is 6.03 Å². The van der Waals surface area contributed by atoms with Crippen LogP contribution in [0.3, 0.4) is 0 Å². The van der Waals surface area contributed by atoms with Gasteiger partial charge in [0.05, 0.1) is 22.0 Å². The quantitative estimate of drug-likeness (QED) is 0.595. The predicted molar refractivity (Wildman–Crippen MR) is 117 cm³/mol. The molecule has 30 heavy (non-hydrogen) atoms. The molecule has 4 rings (SSSR count). The van der Waals surface area contributed by atoms with Crippen LogP contribution in [0, 0.1) is 0 Å². The molecule has 3 aromatic rings. The van der Waals surface area contributed by atoms with Gasteiger partial charge in [0.25, 0.3) is 0 Å². The molecule has 2 atom stereocenters. The van der Waals surface area contributed by atoms with E-state index in [1.54, 1.807) is 18.2 Å². The number of carbonyl (C=O) groups is 2. The molecule has 1 heterocycles. The van der Waals surface area contributed by atoms with Crippen molar-refractivity contribution in [2.45, 2.75) is 18.5 Å². The lowest BCUT2D eigenvalue weighted by molar-refractivity contribution is -0.121. The maximum absolute atomic E-state index is 13.0. The number of rotatable bonds is 4. The second-order valence-electron chi connectivity index (χ2n) is 7.00. The van der Waals surface area contributed by atoms with E-state index in [4.69, 9.17) is 23.2 Å². The van der Waals surface area contributed by atoms with Gasteiger partial charge in [-0.3, -0.25) is 10.2 Å². The minimum absolute atomic E-state index is 0.222. The summed E-state index contributed by atoms with van der Waals surface area (Å²) in [7, 11) is 0. The van der Waals surface area contributed by atoms with E-state index >= 15 is 0 Å². The monoisotopic (exact) mass is 439 g/mol. The van der Waals surface area contributed by atoms with Crippen LogP contribution in [0.5, 0.6) is 0 Å². The Hall–Kier alpha value is -3.02. The third-order valence-corrected chi connectivity index (χ3v) is 5.79. The molecule has 2 N–H and O–H groups in total. The summed E-state index contributed by atoms with van der Waals surface area (Å²) in [5, 5.41) is 5.09. The first kappa shape index (κ1) is 20.3. The molecular weight excluding hydrogens is 421 g/mol. The van der Waals surface area contributed by atoms with Crippen LogP contribution in [0.25, 0.3) is 0 Å². The van der Waals surface area contributed by atoms with Crippen LogP contribution in [0.1, 0.15) is 28.7 Å². The molecule has 0 aromatic heterocycles. The van der Waals surface area contributed by atoms with Gasteiger partial charge in [-0.1, -0.05) is 89.9 Å². The average molecular weight is 440 g/mol. The van der Waals surface area contributed by atoms with Crippen LogP contribution in [0.15, 0.2) is 78.9 Å². The Kier molecular flexibility index (Phi) is 5.93. The maximum Gasteiger partial charge on any atom is 0.337 e. The highest BCUT2D eigenvalue weighted by atomic mass is 35.5. The number of hydrogen-bond donors (Lipinski definition) is 2. The highest BCUT2D eigenvalue weighted by molar-refractivity contribution is 6.42. The van der Waals surface area contributed by atoms with E-state index in [0.717, 1.165) is 16.7 Å². The Bertz CT molecular complexity index is 1060. The van der Waals surface area contributed by atoms with E-state index in [9.17, 15) is 9.59 Å². The molecule has 1 aliphatic rings. The Labute approximate surface area is 184 Å². The summed E-state index contributed by atoms with van der Waals surface area (Å²) in [4.78, 5) is 25.9. The van der Waals surface area contributed by atoms with Gasteiger partial charge in [-0.2, -0.15) is 0 Å². The molecule has 2 unspecified atom stereocenters. The first-order chi connectivity index (χ1) is 14.5. The highest BCUT2D eigenvalue weighted by Crippen LogP contribution is 2.39. The fourth-order valence-corrected chi connectivity index (χ4v) is 3.95. The van der Waals surface area contributed by atoms with Crippen molar-refractivity contribution in [3.63, 3.8) is 0 Å². The van der Waals surface area contributed by atoms with Gasteiger partial charge in [0.1, 0.15) is 0 Å². The first-order valence-corrected chi connectivity index (χ1v) is 10.2. The largest absolute Gasteiger partial charge is 0.337 e. The normalized spacial score (nSPS) is 18.2. The molecule has 0 bridgehead atoms. The second-order valence-corrected chi connectivity index (χ2v) is 7.81. The molecule has 3 aromatic carbocycles. The minimum Gasteiger partial charge on any atom is -0.332 e. The Balaban J connectivity index is 1.60. The molecule has 0 radical (unpaired) electrons. The molecule has 5 nitrogen and oxygen atoms in total. The summed E-state index contributed by atoms with van der Waals surface area (Å²) in [5.41, 5.74) is 5.27. The summed E-state index contributed by atoms with van der Waals surface area (Å²) in [6.07, 6.45) is 0. The summed E-state index contributed by atoms with van der Waals surface area (Å²) in [6.45, 7) is 0.250. The molecule has 0 aliphatic carbocycles. The van der Waals surface area contributed by atoms with Gasteiger partial charge in [0.2, 0.25) is 5.91 Å². The summed E-state index contributed by atoms with van der Waals surface area (Å²) in [5.74, 6) is -0.732. The van der Waals surface area contributed by atoms with Gasteiger partial charge < -0.3 is 5.32 Å². The number of urea groups is 1. The van der Waals surface area contributed by atoms with Crippen molar-refractivity contribution in [1.29, 1.82) is 0 Å². The molecule has 7 heteroatoms. The summed E-state index contributed by atoms with van der Waals surface area (Å²) in [6, 6.07) is 23.3. The molecule has 3 amide bonds. The van der Waals surface area contributed by atoms with E-state index in [1.165, 1.54) is 5.01 Å². The average Bonchev–Trinajstić information content (AvgIpc) is 3.12. The van der Waals surface area contributed by atoms with Crippen molar-refractivity contribution < 1.29 is 9.59 Å². The van der Waals surface area contributed by atoms with Crippen molar-refractivity contribution in [2.24, 2.45) is 0 Å². The lowest BCUT2D eigenvalue weighted by atomic mass is 9.87. The Morgan fingerprint density at radius 1 is 0.900 bits per heavy atom. The zero-order chi connectivity index (χ0) is 21.1. The highest BCUT2D eigenvalue weighted by Gasteiger charge is 2.45. The third-order valence-electron chi connectivity index (χ3n) is 5.05. The number of nitrogens with zero attached hydrogens (tertiary/aromatic N) is 1. The SMILES string of the molecule is O=C1NN(C(=O)NCc2ccc(Cl)c(Cl)c2)C(c2ccccc2)C1c1ccccc1. The van der Waals surface area contributed by atoms with Crippen molar-refractivity contribution >= 4 is 35.1 Å². The number of carbonyl (C=O) groups excluding carboxylic acids is 2. The Morgan fingerprint density at radius 3 is 2.17 bits per heavy atom. The summed E-state index contributed by atoms with van der Waals surface area (Å²) >= 11 is 12.0. The standard InChI is InChI=1S/C23H19Cl2N3O2/c24-18-12-11-15(13-19(18)25)14-26-23(30)28-21(17-9-5-2-6-10-17)20(22(29)27-28)16-7-3-1-4-8-16/h1-13,20-21H,14H2,(H,26,30)(H,27,29). The van der Waals surface area contributed by atoms with Gasteiger partial charge in [-0.25, -0.2) is 9.80 Å². The Morgan fingerprint density at radius 2 is 1.53 bits per heavy atom. The molecular formula is C23H19Cl2N3O2. The van der Waals surface area contributed by atoms with E-state index in [0.29, 0.717) is 10.0 Å². The van der Waals surface area contributed by atoms with E-state index in [-0.39, 0.29) is 12.5 Å². The zero-order valence-corrected chi connectivity index (χ0v) is 17.4. The molecule has 0 spiro atoms. The van der Waals surface area contributed by atoms with Gasteiger partial charge in [-0.15, -0.1) is 0 Å². The molecule has 0 saturated carbocycles. The number of halogens is 2. The fraction of sp³-hybridized carbons (Fsp3) is 0.130. The first-order valence-electron chi connectivity index (χ1n) is 9.46. The molecule has 152 valence electrons. The van der Waals surface area contributed by atoms with Crippen molar-refractivity contribution in [3.05, 3.63) is 106 Å². The van der Waals surface area contributed by atoms with Crippen LogP contribution in [-0.4, -0.2) is 16.9 Å². The molecule has 1 saturated heterocycles. The van der Waals surface area contributed by atoms with Crippen LogP contribution in [0.4, 0.5) is 4.79 Å². The van der Waals surface area contributed by atoms with E-state index in [2.05, 4.69) is 10.7 Å². The topological polar surface area (TPSA) is 61.4 Å². The number of benzene rings is 3. The van der Waals surface area contributed by atoms with Crippen LogP contribution in [-0.2, 0) is 11.3 Å². The maximum atomic E-state index is 13.0. The van der Waals surface area contributed by atoms with Gasteiger partial charge in [0.15, 0.2) is 0 Å². The van der Waals surface area contributed by atoms with Crippen molar-refractivity contribution in [3.8, 4) is 0 Å². The lowest BCUT2D eigenvalue weighted by Gasteiger charge is -2.26. The van der Waals surface area contributed by atoms with Crippen LogP contribution >= 0.6 is 23.2 Å². The zero-order valence-electron chi connectivity index (χ0n) is 15.9. The van der Waals surface area contributed by atoms with Gasteiger partial charge in [0, 0.05) is 6.54 Å². The number of amides is 3.